The number of carbonyl (C=O) groups excluding carboxylic acids is 1. The molecule has 1 aromatic heterocycles. The maximum Gasteiger partial charge on any atom is 0.573 e. The Morgan fingerprint density at radius 1 is 1.26 bits per heavy atom. The number of alkyl halides is 3. The zero-order valence-corrected chi connectivity index (χ0v) is 13.3. The third-order valence-corrected chi connectivity index (χ3v) is 4.04. The predicted octanol–water partition coefficient (Wildman–Crippen LogP) is 3.63. The Hall–Kier alpha value is -2.09. The molecule has 0 atom stereocenters. The van der Waals surface area contributed by atoms with Crippen molar-refractivity contribution in [1.29, 1.82) is 0 Å². The Balaban J connectivity index is 1.84. The van der Waals surface area contributed by atoms with Crippen LogP contribution >= 0.6 is 11.3 Å². The first-order valence-corrected chi connectivity index (χ1v) is 7.63. The van der Waals surface area contributed by atoms with Gasteiger partial charge < -0.3 is 10.1 Å². The second-order valence-corrected chi connectivity index (χ2v) is 6.05. The maximum absolute atomic E-state index is 12.1. The first kappa shape index (κ1) is 17.3. The topological polar surface area (TPSA) is 51.2 Å². The van der Waals surface area contributed by atoms with Gasteiger partial charge in [0.25, 0.3) is 5.91 Å². The summed E-state index contributed by atoms with van der Waals surface area (Å²) in [6.07, 6.45) is -4.19. The van der Waals surface area contributed by atoms with Crippen molar-refractivity contribution in [2.75, 3.05) is 6.54 Å². The van der Waals surface area contributed by atoms with Crippen LogP contribution in [0.25, 0.3) is 0 Å². The van der Waals surface area contributed by atoms with Gasteiger partial charge in [0, 0.05) is 6.54 Å². The molecule has 1 aromatic carbocycles. The van der Waals surface area contributed by atoms with Crippen molar-refractivity contribution >= 4 is 17.2 Å². The van der Waals surface area contributed by atoms with E-state index in [4.69, 9.17) is 0 Å². The lowest BCUT2D eigenvalue weighted by Gasteiger charge is -2.09. The predicted molar refractivity (Wildman–Crippen MR) is 80.8 cm³/mol. The Kier molecular flexibility index (Phi) is 5.25. The first-order valence-electron chi connectivity index (χ1n) is 6.81. The maximum atomic E-state index is 12.1. The van der Waals surface area contributed by atoms with Gasteiger partial charge in [-0.2, -0.15) is 0 Å². The molecule has 2 aromatic rings. The summed E-state index contributed by atoms with van der Waals surface area (Å²) in [6.45, 7) is 3.99. The molecule has 2 rings (SSSR count). The second kappa shape index (κ2) is 6.99. The average Bonchev–Trinajstić information content (AvgIpc) is 2.78. The van der Waals surface area contributed by atoms with E-state index in [9.17, 15) is 18.0 Å². The molecule has 0 radical (unpaired) electrons. The number of amides is 1. The number of aryl methyl sites for hydroxylation is 2. The number of hydrogen-bond acceptors (Lipinski definition) is 4. The van der Waals surface area contributed by atoms with Gasteiger partial charge in [0.1, 0.15) is 10.6 Å². The zero-order chi connectivity index (χ0) is 17.0. The van der Waals surface area contributed by atoms with E-state index >= 15 is 0 Å². The quantitative estimate of drug-likeness (QED) is 0.901. The molecule has 1 heterocycles. The van der Waals surface area contributed by atoms with E-state index < -0.39 is 6.36 Å². The lowest BCUT2D eigenvalue weighted by molar-refractivity contribution is -0.274. The van der Waals surface area contributed by atoms with Gasteiger partial charge in [0.2, 0.25) is 0 Å². The van der Waals surface area contributed by atoms with Gasteiger partial charge in [-0.15, -0.1) is 24.5 Å². The number of aromatic nitrogens is 1. The lowest BCUT2D eigenvalue weighted by Crippen LogP contribution is -2.25. The van der Waals surface area contributed by atoms with Crippen LogP contribution in [0.2, 0.25) is 0 Å². The molecule has 0 saturated heterocycles. The summed E-state index contributed by atoms with van der Waals surface area (Å²) in [4.78, 5) is 16.8. The monoisotopic (exact) mass is 344 g/mol. The minimum Gasteiger partial charge on any atom is -0.406 e. The number of nitrogens with one attached hydrogen (secondary N) is 1. The van der Waals surface area contributed by atoms with Crippen LogP contribution in [-0.4, -0.2) is 23.8 Å². The summed E-state index contributed by atoms with van der Waals surface area (Å²) in [7, 11) is 0. The van der Waals surface area contributed by atoms with Gasteiger partial charge in [0.15, 0.2) is 0 Å². The molecule has 4 nitrogen and oxygen atoms in total. The van der Waals surface area contributed by atoms with Crippen molar-refractivity contribution < 1.29 is 22.7 Å². The molecule has 1 amide bonds. The number of benzene rings is 1. The van der Waals surface area contributed by atoms with Crippen molar-refractivity contribution in [3.63, 3.8) is 0 Å². The van der Waals surface area contributed by atoms with Crippen LogP contribution < -0.4 is 10.1 Å². The van der Waals surface area contributed by atoms with Crippen LogP contribution in [0.4, 0.5) is 13.2 Å². The summed E-state index contributed by atoms with van der Waals surface area (Å²) in [6, 6.07) is 5.58. The normalized spacial score (nSPS) is 11.3. The van der Waals surface area contributed by atoms with Gasteiger partial charge in [-0.25, -0.2) is 4.98 Å². The smallest absolute Gasteiger partial charge is 0.406 e. The summed E-state index contributed by atoms with van der Waals surface area (Å²) < 4.78 is 40.0. The SMILES string of the molecule is Cc1nc(C)c(C(=O)NCCc2ccc(OC(F)(F)F)cc2)s1. The lowest BCUT2D eigenvalue weighted by atomic mass is 10.1. The fraction of sp³-hybridized carbons (Fsp3) is 0.333. The van der Waals surface area contributed by atoms with Gasteiger partial charge in [0.05, 0.1) is 10.7 Å². The largest absolute Gasteiger partial charge is 0.573 e. The molecule has 0 unspecified atom stereocenters. The highest BCUT2D eigenvalue weighted by molar-refractivity contribution is 7.13. The molecular formula is C15H15F3N2O2S. The third kappa shape index (κ3) is 5.24. The number of ether oxygens (including phenoxy) is 1. The second-order valence-electron chi connectivity index (χ2n) is 4.85. The number of halogens is 3. The summed E-state index contributed by atoms with van der Waals surface area (Å²) in [5, 5.41) is 3.60. The minimum atomic E-state index is -4.69. The molecule has 124 valence electrons. The molecule has 0 aliphatic carbocycles. The molecule has 23 heavy (non-hydrogen) atoms. The van der Waals surface area contributed by atoms with E-state index in [1.807, 2.05) is 6.92 Å². The number of carbonyl (C=O) groups is 1. The molecule has 1 N–H and O–H groups in total. The van der Waals surface area contributed by atoms with Crippen molar-refractivity contribution in [2.45, 2.75) is 26.6 Å². The Labute approximate surface area is 135 Å². The molecule has 8 heteroatoms. The van der Waals surface area contributed by atoms with Crippen LogP contribution in [0, 0.1) is 13.8 Å². The fourth-order valence-corrected chi connectivity index (χ4v) is 2.84. The van der Waals surface area contributed by atoms with E-state index in [-0.39, 0.29) is 11.7 Å². The Morgan fingerprint density at radius 3 is 2.43 bits per heavy atom. The van der Waals surface area contributed by atoms with Gasteiger partial charge in [-0.3, -0.25) is 4.79 Å². The number of rotatable bonds is 5. The van der Waals surface area contributed by atoms with Crippen LogP contribution in [0.1, 0.15) is 25.9 Å². The molecule has 0 bridgehead atoms. The van der Waals surface area contributed by atoms with Gasteiger partial charge in [-0.1, -0.05) is 12.1 Å². The minimum absolute atomic E-state index is 0.190. The number of nitrogens with zero attached hydrogens (tertiary/aromatic N) is 1. The van der Waals surface area contributed by atoms with E-state index in [2.05, 4.69) is 15.0 Å². The van der Waals surface area contributed by atoms with Crippen molar-refractivity contribution in [1.82, 2.24) is 10.3 Å². The van der Waals surface area contributed by atoms with Crippen LogP contribution in [0.15, 0.2) is 24.3 Å². The highest BCUT2D eigenvalue weighted by Gasteiger charge is 2.30. The summed E-state index contributed by atoms with van der Waals surface area (Å²) in [5.41, 5.74) is 1.50. The molecule has 0 aliphatic heterocycles. The van der Waals surface area contributed by atoms with Crippen molar-refractivity contribution in [2.24, 2.45) is 0 Å². The van der Waals surface area contributed by atoms with E-state index in [0.29, 0.717) is 23.5 Å². The number of thiazole rings is 1. The standard InChI is InChI=1S/C15H15F3N2O2S/c1-9-13(23-10(2)20-9)14(21)19-8-7-11-3-5-12(6-4-11)22-15(16,17)18/h3-6H,7-8H2,1-2H3,(H,19,21). The Morgan fingerprint density at radius 2 is 1.91 bits per heavy atom. The Bertz CT molecular complexity index is 681. The van der Waals surface area contributed by atoms with Gasteiger partial charge >= 0.3 is 6.36 Å². The number of hydrogen-bond donors (Lipinski definition) is 1. The van der Waals surface area contributed by atoms with Crippen molar-refractivity contribution in [3.8, 4) is 5.75 Å². The highest BCUT2D eigenvalue weighted by atomic mass is 32.1. The van der Waals surface area contributed by atoms with E-state index in [1.165, 1.54) is 35.6 Å². The average molecular weight is 344 g/mol. The molecular weight excluding hydrogens is 329 g/mol. The fourth-order valence-electron chi connectivity index (χ4n) is 2.00. The molecule has 0 aliphatic rings. The van der Waals surface area contributed by atoms with Crippen LogP contribution in [-0.2, 0) is 6.42 Å². The molecule has 0 spiro atoms. The summed E-state index contributed by atoms with van der Waals surface area (Å²) in [5.74, 6) is -0.453. The highest BCUT2D eigenvalue weighted by Crippen LogP contribution is 2.22. The van der Waals surface area contributed by atoms with Crippen LogP contribution in [0.5, 0.6) is 5.75 Å². The third-order valence-electron chi connectivity index (χ3n) is 2.97. The molecule has 0 fully saturated rings. The first-order chi connectivity index (χ1) is 10.7. The van der Waals surface area contributed by atoms with E-state index in [1.54, 1.807) is 6.92 Å². The summed E-state index contributed by atoms with van der Waals surface area (Å²) >= 11 is 1.33. The van der Waals surface area contributed by atoms with Gasteiger partial charge in [-0.05, 0) is 38.0 Å². The van der Waals surface area contributed by atoms with Crippen molar-refractivity contribution in [3.05, 3.63) is 45.4 Å². The molecule has 0 saturated carbocycles. The van der Waals surface area contributed by atoms with Crippen LogP contribution in [0.3, 0.4) is 0 Å². The zero-order valence-electron chi connectivity index (χ0n) is 12.5. The van der Waals surface area contributed by atoms with E-state index in [0.717, 1.165) is 10.6 Å².